The van der Waals surface area contributed by atoms with Crippen LogP contribution in [0.1, 0.15) is 18.4 Å². The molecule has 2 aliphatic rings. The second kappa shape index (κ2) is 4.75. The Kier molecular flexibility index (Phi) is 3.30. The lowest BCUT2D eigenvalue weighted by atomic mass is 10.0. The molecule has 7 heteroatoms. The van der Waals surface area contributed by atoms with Crippen LogP contribution in [-0.2, 0) is 19.5 Å². The molecule has 5 nitrogen and oxygen atoms in total. The summed E-state index contributed by atoms with van der Waals surface area (Å²) in [5, 5.41) is 12.4. The van der Waals surface area contributed by atoms with E-state index in [9.17, 15) is 18.3 Å². The van der Waals surface area contributed by atoms with Crippen LogP contribution in [0.15, 0.2) is 29.2 Å². The number of benzene rings is 1. The first-order chi connectivity index (χ1) is 9.45. The van der Waals surface area contributed by atoms with Crippen LogP contribution < -0.4 is 5.32 Å². The first-order valence-corrected chi connectivity index (χ1v) is 9.05. The highest BCUT2D eigenvalue weighted by Crippen LogP contribution is 2.47. The van der Waals surface area contributed by atoms with Gasteiger partial charge in [0.1, 0.15) is 6.04 Å². The van der Waals surface area contributed by atoms with Crippen molar-refractivity contribution in [2.45, 2.75) is 28.6 Å². The van der Waals surface area contributed by atoms with Crippen LogP contribution in [0.5, 0.6) is 0 Å². The normalized spacial score (nSPS) is 31.7. The van der Waals surface area contributed by atoms with Gasteiger partial charge >= 0.3 is 5.97 Å². The van der Waals surface area contributed by atoms with Gasteiger partial charge in [-0.2, -0.15) is 0 Å². The molecule has 0 saturated carbocycles. The molecule has 1 saturated heterocycles. The predicted octanol–water partition coefficient (Wildman–Crippen LogP) is 1.20. The number of fused-ring (bicyclic) bond motifs is 2. The Morgan fingerprint density at radius 2 is 2.15 bits per heavy atom. The minimum Gasteiger partial charge on any atom is -0.480 e. The minimum absolute atomic E-state index is 0.0519. The number of aliphatic carboxylic acids is 1. The quantitative estimate of drug-likeness (QED) is 0.810. The Morgan fingerprint density at radius 3 is 2.90 bits per heavy atom. The van der Waals surface area contributed by atoms with Gasteiger partial charge in [-0.25, -0.2) is 8.42 Å². The molecular formula is C13H15NO4S2. The van der Waals surface area contributed by atoms with E-state index in [-0.39, 0.29) is 5.75 Å². The van der Waals surface area contributed by atoms with E-state index in [1.807, 2.05) is 0 Å². The molecule has 2 N–H and O–H groups in total. The van der Waals surface area contributed by atoms with Crippen molar-refractivity contribution in [2.75, 3.05) is 11.5 Å². The van der Waals surface area contributed by atoms with Gasteiger partial charge in [-0.3, -0.25) is 10.1 Å². The van der Waals surface area contributed by atoms with Crippen LogP contribution in [0, 0.1) is 0 Å². The fourth-order valence-corrected chi connectivity index (χ4v) is 6.18. The summed E-state index contributed by atoms with van der Waals surface area (Å²) in [6.45, 7) is 0. The molecule has 1 aromatic carbocycles. The summed E-state index contributed by atoms with van der Waals surface area (Å²) in [6, 6.07) is 6.28. The summed E-state index contributed by atoms with van der Waals surface area (Å²) in [5.41, 5.74) is 0.696. The maximum absolute atomic E-state index is 12.2. The molecule has 108 valence electrons. The van der Waals surface area contributed by atoms with Gasteiger partial charge < -0.3 is 5.11 Å². The van der Waals surface area contributed by atoms with Crippen LogP contribution >= 0.6 is 11.8 Å². The molecule has 1 fully saturated rings. The van der Waals surface area contributed by atoms with E-state index < -0.39 is 26.7 Å². The molecule has 2 atom stereocenters. The van der Waals surface area contributed by atoms with Gasteiger partial charge in [-0.15, -0.1) is 11.8 Å². The smallest absolute Gasteiger partial charge is 0.320 e. The topological polar surface area (TPSA) is 83.5 Å². The lowest BCUT2D eigenvalue weighted by molar-refractivity contribution is -0.140. The summed E-state index contributed by atoms with van der Waals surface area (Å²) in [4.78, 5) is 11.0. The Labute approximate surface area is 121 Å². The summed E-state index contributed by atoms with van der Waals surface area (Å²) in [5.74, 6) is -0.120. The third kappa shape index (κ3) is 2.13. The number of carboxylic acids is 1. The molecule has 1 spiro atoms. The average molecular weight is 313 g/mol. The Balaban J connectivity index is 2.09. The number of hydrogen-bond acceptors (Lipinski definition) is 5. The van der Waals surface area contributed by atoms with Crippen LogP contribution in [-0.4, -0.2) is 37.0 Å². The number of sulfone groups is 1. The Bertz CT molecular complexity index is 658. The van der Waals surface area contributed by atoms with Gasteiger partial charge in [0.15, 0.2) is 9.84 Å². The zero-order valence-electron chi connectivity index (χ0n) is 10.7. The maximum atomic E-state index is 12.2. The van der Waals surface area contributed by atoms with E-state index in [1.165, 1.54) is 0 Å². The van der Waals surface area contributed by atoms with E-state index in [0.717, 1.165) is 0 Å². The number of nitrogens with one attached hydrogen (secondary N) is 1. The van der Waals surface area contributed by atoms with E-state index in [2.05, 4.69) is 5.32 Å². The van der Waals surface area contributed by atoms with Crippen molar-refractivity contribution < 1.29 is 18.3 Å². The standard InChI is InChI=1S/C13H15NO4S2/c15-12(16)10-5-7-19-13(14-10)6-8-20(17,18)11-4-2-1-3-9(11)13/h1-4,10,14H,5-8H2,(H,15,16). The summed E-state index contributed by atoms with van der Waals surface area (Å²) < 4.78 is 24.3. The molecule has 3 rings (SSSR count). The van der Waals surface area contributed by atoms with Crippen LogP contribution in [0.4, 0.5) is 0 Å². The SMILES string of the molecule is O=C(O)C1CCSC2(CCS(=O)(=O)c3ccccc32)N1. The average Bonchev–Trinajstić information content (AvgIpc) is 2.44. The van der Waals surface area contributed by atoms with E-state index in [1.54, 1.807) is 36.0 Å². The molecule has 20 heavy (non-hydrogen) atoms. The largest absolute Gasteiger partial charge is 0.480 e. The highest BCUT2D eigenvalue weighted by molar-refractivity contribution is 8.00. The first-order valence-electron chi connectivity index (χ1n) is 6.41. The van der Waals surface area contributed by atoms with Gasteiger partial charge in [0, 0.05) is 5.56 Å². The molecular weight excluding hydrogens is 298 g/mol. The van der Waals surface area contributed by atoms with E-state index in [0.29, 0.717) is 29.1 Å². The second-order valence-corrected chi connectivity index (χ2v) is 8.54. The molecule has 2 heterocycles. The van der Waals surface area contributed by atoms with Crippen molar-refractivity contribution in [2.24, 2.45) is 0 Å². The highest BCUT2D eigenvalue weighted by atomic mass is 32.2. The van der Waals surface area contributed by atoms with Gasteiger partial charge in [-0.1, -0.05) is 18.2 Å². The van der Waals surface area contributed by atoms with Gasteiger partial charge in [0.2, 0.25) is 0 Å². The fourth-order valence-electron chi connectivity index (χ4n) is 2.83. The van der Waals surface area contributed by atoms with Gasteiger partial charge in [-0.05, 0) is 24.7 Å². The van der Waals surface area contributed by atoms with Crippen molar-refractivity contribution >= 4 is 27.6 Å². The lowest BCUT2D eigenvalue weighted by Gasteiger charge is -2.44. The van der Waals surface area contributed by atoms with Crippen molar-refractivity contribution in [3.05, 3.63) is 29.8 Å². The third-order valence-electron chi connectivity index (χ3n) is 3.84. The zero-order valence-corrected chi connectivity index (χ0v) is 12.3. The number of carbonyl (C=O) groups is 1. The minimum atomic E-state index is -3.26. The van der Waals surface area contributed by atoms with E-state index >= 15 is 0 Å². The maximum Gasteiger partial charge on any atom is 0.320 e. The van der Waals surface area contributed by atoms with Crippen molar-refractivity contribution in [3.63, 3.8) is 0 Å². The van der Waals surface area contributed by atoms with Crippen molar-refractivity contribution in [1.29, 1.82) is 0 Å². The number of carboxylic acid groups (broad SMARTS) is 1. The van der Waals surface area contributed by atoms with Crippen molar-refractivity contribution in [3.8, 4) is 0 Å². The van der Waals surface area contributed by atoms with Crippen LogP contribution in [0.25, 0.3) is 0 Å². The summed E-state index contributed by atoms with van der Waals surface area (Å²) in [6.07, 6.45) is 0.956. The molecule has 0 aliphatic carbocycles. The zero-order chi connectivity index (χ0) is 14.4. The van der Waals surface area contributed by atoms with Crippen LogP contribution in [0.3, 0.4) is 0 Å². The van der Waals surface area contributed by atoms with Crippen molar-refractivity contribution in [1.82, 2.24) is 5.32 Å². The third-order valence-corrected chi connectivity index (χ3v) is 7.08. The van der Waals surface area contributed by atoms with Crippen LogP contribution in [0.2, 0.25) is 0 Å². The first kappa shape index (κ1) is 13.9. The fraction of sp³-hybridized carbons (Fsp3) is 0.462. The molecule has 0 radical (unpaired) electrons. The number of thioether (sulfide) groups is 1. The molecule has 0 bridgehead atoms. The summed E-state index contributed by atoms with van der Waals surface area (Å²) in [7, 11) is -3.26. The highest BCUT2D eigenvalue weighted by Gasteiger charge is 2.46. The Morgan fingerprint density at radius 1 is 1.40 bits per heavy atom. The van der Waals surface area contributed by atoms with Gasteiger partial charge in [0.05, 0.1) is 15.5 Å². The lowest BCUT2D eigenvalue weighted by Crippen LogP contribution is -2.55. The molecule has 2 unspecified atom stereocenters. The second-order valence-electron chi connectivity index (χ2n) is 5.06. The Hall–Kier alpha value is -1.05. The molecule has 2 aliphatic heterocycles. The van der Waals surface area contributed by atoms with Gasteiger partial charge in [0.25, 0.3) is 0 Å². The summed E-state index contributed by atoms with van der Waals surface area (Å²) >= 11 is 1.61. The molecule has 0 amide bonds. The predicted molar refractivity (Wildman–Crippen MR) is 76.4 cm³/mol. The molecule has 1 aromatic rings. The van der Waals surface area contributed by atoms with E-state index in [4.69, 9.17) is 0 Å². The monoisotopic (exact) mass is 313 g/mol. The number of rotatable bonds is 1. The number of hydrogen-bond donors (Lipinski definition) is 2. The molecule has 0 aromatic heterocycles.